The van der Waals surface area contributed by atoms with E-state index in [1.807, 2.05) is 27.7 Å². The van der Waals surface area contributed by atoms with Crippen molar-refractivity contribution >= 4 is 21.6 Å². The molecule has 1 amide bonds. The molecule has 7 heteroatoms. The number of nitrogens with one attached hydrogen (secondary N) is 1. The predicted molar refractivity (Wildman–Crippen MR) is 111 cm³/mol. The van der Waals surface area contributed by atoms with Crippen molar-refractivity contribution in [1.82, 2.24) is 5.32 Å². The monoisotopic (exact) mass is 404 g/mol. The number of carbonyl (C=O) groups is 1. The molecule has 152 valence electrons. The maximum Gasteiger partial charge on any atom is 0.264 e. The summed E-state index contributed by atoms with van der Waals surface area (Å²) in [5.41, 5.74) is 1.32. The van der Waals surface area contributed by atoms with Crippen molar-refractivity contribution in [2.45, 2.75) is 38.6 Å². The van der Waals surface area contributed by atoms with Gasteiger partial charge in [-0.1, -0.05) is 37.6 Å². The van der Waals surface area contributed by atoms with Crippen LogP contribution in [-0.4, -0.2) is 34.0 Å². The van der Waals surface area contributed by atoms with Gasteiger partial charge < -0.3 is 10.1 Å². The zero-order valence-electron chi connectivity index (χ0n) is 17.0. The first-order valence-electron chi connectivity index (χ1n) is 9.18. The normalized spacial score (nSPS) is 12.5. The molecular weight excluding hydrogens is 376 g/mol. The fourth-order valence-electron chi connectivity index (χ4n) is 2.51. The molecular formula is C21H28N2O4S. The van der Waals surface area contributed by atoms with Gasteiger partial charge in [0.25, 0.3) is 10.0 Å². The van der Waals surface area contributed by atoms with Crippen LogP contribution in [0.15, 0.2) is 53.4 Å². The van der Waals surface area contributed by atoms with Gasteiger partial charge in [0, 0.05) is 12.1 Å². The van der Waals surface area contributed by atoms with Gasteiger partial charge >= 0.3 is 0 Å². The number of aryl methyl sites for hydroxylation is 1. The molecule has 1 atom stereocenters. The minimum Gasteiger partial charge on any atom is -0.497 e. The maximum atomic E-state index is 13.3. The van der Waals surface area contributed by atoms with Crippen LogP contribution < -0.4 is 14.4 Å². The highest BCUT2D eigenvalue weighted by atomic mass is 32.2. The van der Waals surface area contributed by atoms with E-state index in [-0.39, 0.29) is 29.3 Å². The summed E-state index contributed by atoms with van der Waals surface area (Å²) in [6.07, 6.45) is 0. The summed E-state index contributed by atoms with van der Waals surface area (Å²) in [6, 6.07) is 13.2. The molecule has 0 heterocycles. The van der Waals surface area contributed by atoms with Crippen LogP contribution >= 0.6 is 0 Å². The highest BCUT2D eigenvalue weighted by molar-refractivity contribution is 7.92. The molecule has 0 fully saturated rings. The van der Waals surface area contributed by atoms with E-state index in [0.29, 0.717) is 11.4 Å². The molecule has 0 saturated heterocycles. The summed E-state index contributed by atoms with van der Waals surface area (Å²) in [7, 11) is -2.42. The smallest absolute Gasteiger partial charge is 0.264 e. The number of hydrogen-bond donors (Lipinski definition) is 1. The van der Waals surface area contributed by atoms with Crippen LogP contribution in [0.3, 0.4) is 0 Å². The third kappa shape index (κ3) is 5.25. The Morgan fingerprint density at radius 1 is 1.11 bits per heavy atom. The van der Waals surface area contributed by atoms with Crippen LogP contribution in [-0.2, 0) is 14.8 Å². The lowest BCUT2D eigenvalue weighted by molar-refractivity contribution is -0.120. The molecule has 2 rings (SSSR count). The van der Waals surface area contributed by atoms with Gasteiger partial charge in [-0.2, -0.15) is 0 Å². The molecule has 6 nitrogen and oxygen atoms in total. The van der Waals surface area contributed by atoms with Crippen molar-refractivity contribution in [3.05, 3.63) is 54.1 Å². The third-order valence-electron chi connectivity index (χ3n) is 4.63. The highest BCUT2D eigenvalue weighted by Crippen LogP contribution is 2.27. The first-order chi connectivity index (χ1) is 13.1. The number of rotatable bonds is 8. The minimum atomic E-state index is -3.93. The minimum absolute atomic E-state index is 0.0678. The van der Waals surface area contributed by atoms with Crippen molar-refractivity contribution in [2.24, 2.45) is 5.92 Å². The topological polar surface area (TPSA) is 75.7 Å². The van der Waals surface area contributed by atoms with Crippen molar-refractivity contribution in [3.8, 4) is 5.75 Å². The Kier molecular flexibility index (Phi) is 7.07. The number of ether oxygens (including phenoxy) is 1. The average Bonchev–Trinajstić information content (AvgIpc) is 2.66. The largest absolute Gasteiger partial charge is 0.497 e. The second-order valence-corrected chi connectivity index (χ2v) is 8.99. The van der Waals surface area contributed by atoms with Crippen LogP contribution in [0, 0.1) is 12.8 Å². The molecule has 0 radical (unpaired) electrons. The van der Waals surface area contributed by atoms with Crippen molar-refractivity contribution < 1.29 is 17.9 Å². The summed E-state index contributed by atoms with van der Waals surface area (Å²) in [5.74, 6) is 0.389. The van der Waals surface area contributed by atoms with Crippen LogP contribution in [0.4, 0.5) is 5.69 Å². The van der Waals surface area contributed by atoms with E-state index < -0.39 is 10.0 Å². The van der Waals surface area contributed by atoms with Gasteiger partial charge in [-0.3, -0.25) is 9.10 Å². The summed E-state index contributed by atoms with van der Waals surface area (Å²) >= 11 is 0. The summed E-state index contributed by atoms with van der Waals surface area (Å²) in [6.45, 7) is 7.45. The van der Waals surface area contributed by atoms with Gasteiger partial charge in [0.1, 0.15) is 12.3 Å². The van der Waals surface area contributed by atoms with Crippen LogP contribution in [0.2, 0.25) is 0 Å². The first-order valence-corrected chi connectivity index (χ1v) is 10.6. The fourth-order valence-corrected chi connectivity index (χ4v) is 3.93. The molecule has 2 aromatic rings. The quantitative estimate of drug-likeness (QED) is 0.732. The van der Waals surface area contributed by atoms with E-state index in [2.05, 4.69) is 5.32 Å². The van der Waals surface area contributed by atoms with Gasteiger partial charge in [-0.15, -0.1) is 0 Å². The molecule has 2 aromatic carbocycles. The Labute approximate surface area is 167 Å². The first kappa shape index (κ1) is 21.8. The molecule has 1 N–H and O–H groups in total. The maximum absolute atomic E-state index is 13.3. The summed E-state index contributed by atoms with van der Waals surface area (Å²) < 4.78 is 32.9. The van der Waals surface area contributed by atoms with Gasteiger partial charge in [-0.25, -0.2) is 8.42 Å². The van der Waals surface area contributed by atoms with Gasteiger partial charge in [0.15, 0.2) is 0 Å². The highest BCUT2D eigenvalue weighted by Gasteiger charge is 2.28. The van der Waals surface area contributed by atoms with Gasteiger partial charge in [0.05, 0.1) is 17.7 Å². The number of amides is 1. The summed E-state index contributed by atoms with van der Waals surface area (Å²) in [4.78, 5) is 12.7. The Morgan fingerprint density at radius 3 is 2.32 bits per heavy atom. The molecule has 0 saturated carbocycles. The van der Waals surface area contributed by atoms with E-state index in [1.165, 1.54) is 7.11 Å². The zero-order chi connectivity index (χ0) is 20.9. The average molecular weight is 405 g/mol. The number of carbonyl (C=O) groups excluding carboxylic acids is 1. The number of benzene rings is 2. The Hall–Kier alpha value is -2.54. The fraction of sp³-hybridized carbons (Fsp3) is 0.381. The molecule has 0 aliphatic rings. The number of nitrogens with zero attached hydrogens (tertiary/aromatic N) is 1. The lowest BCUT2D eigenvalue weighted by Crippen LogP contribution is -2.45. The van der Waals surface area contributed by atoms with Gasteiger partial charge in [0.2, 0.25) is 5.91 Å². The summed E-state index contributed by atoms with van der Waals surface area (Å²) in [5, 5.41) is 2.86. The SMILES string of the molecule is COc1cccc(N(CC(=O)N[C@H](C)C(C)C)S(=O)(=O)c2ccc(C)cc2)c1. The Balaban J connectivity index is 2.43. The second kappa shape index (κ2) is 9.10. The number of methoxy groups -OCH3 is 1. The van der Waals surface area contributed by atoms with Crippen molar-refractivity contribution in [1.29, 1.82) is 0 Å². The number of anilines is 1. The molecule has 28 heavy (non-hydrogen) atoms. The van der Waals surface area contributed by atoms with E-state index in [9.17, 15) is 13.2 Å². The predicted octanol–water partition coefficient (Wildman–Crippen LogP) is 3.36. The van der Waals surface area contributed by atoms with E-state index >= 15 is 0 Å². The Morgan fingerprint density at radius 2 is 1.75 bits per heavy atom. The lowest BCUT2D eigenvalue weighted by atomic mass is 10.1. The molecule has 0 aliphatic heterocycles. The van der Waals surface area contributed by atoms with Crippen molar-refractivity contribution in [2.75, 3.05) is 18.0 Å². The zero-order valence-corrected chi connectivity index (χ0v) is 17.8. The molecule has 0 bridgehead atoms. The van der Waals surface area contributed by atoms with Crippen LogP contribution in [0.1, 0.15) is 26.3 Å². The van der Waals surface area contributed by atoms with E-state index in [4.69, 9.17) is 4.74 Å². The van der Waals surface area contributed by atoms with Gasteiger partial charge in [-0.05, 0) is 44.0 Å². The molecule has 0 spiro atoms. The standard InChI is InChI=1S/C21H28N2O4S/c1-15(2)17(4)22-21(24)14-23(18-7-6-8-19(13-18)27-5)28(25,26)20-11-9-16(3)10-12-20/h6-13,15,17H,14H2,1-5H3,(H,22,24)/t17-/m1/s1. The number of hydrogen-bond acceptors (Lipinski definition) is 4. The van der Waals surface area contributed by atoms with Crippen molar-refractivity contribution in [3.63, 3.8) is 0 Å². The second-order valence-electron chi connectivity index (χ2n) is 7.13. The van der Waals surface area contributed by atoms with Crippen LogP contribution in [0.25, 0.3) is 0 Å². The van der Waals surface area contributed by atoms with Crippen LogP contribution in [0.5, 0.6) is 5.75 Å². The van der Waals surface area contributed by atoms with E-state index in [1.54, 1.807) is 48.5 Å². The number of sulfonamides is 1. The molecule has 0 aromatic heterocycles. The van der Waals surface area contributed by atoms with E-state index in [0.717, 1.165) is 9.87 Å². The third-order valence-corrected chi connectivity index (χ3v) is 6.41. The molecule has 0 aliphatic carbocycles. The Bertz CT molecular complexity index is 908. The molecule has 0 unspecified atom stereocenters. The lowest BCUT2D eigenvalue weighted by Gasteiger charge is -2.26.